The Morgan fingerprint density at radius 2 is 1.85 bits per heavy atom. The van der Waals surface area contributed by atoms with Crippen molar-refractivity contribution in [1.29, 1.82) is 0 Å². The van der Waals surface area contributed by atoms with Gasteiger partial charge < -0.3 is 0 Å². The van der Waals surface area contributed by atoms with E-state index in [1.807, 2.05) is 18.2 Å². The number of halogens is 2. The molecule has 0 bridgehead atoms. The lowest BCUT2D eigenvalue weighted by atomic mass is 10.1. The molecule has 3 heterocycles. The topological polar surface area (TPSA) is 63.2 Å². The molecule has 1 aliphatic heterocycles. The van der Waals surface area contributed by atoms with Gasteiger partial charge in [0.2, 0.25) is 0 Å². The van der Waals surface area contributed by atoms with Gasteiger partial charge in [-0.25, -0.2) is 17.7 Å². The minimum Gasteiger partial charge on any atom is -0.264 e. The van der Waals surface area contributed by atoms with Crippen LogP contribution in [-0.2, 0) is 20.0 Å². The molecular weight excluding hydrogens is 529 g/mol. The number of rotatable bonds is 3. The van der Waals surface area contributed by atoms with Gasteiger partial charge in [-0.2, -0.15) is 0 Å². The van der Waals surface area contributed by atoms with E-state index in [0.29, 0.717) is 12.2 Å². The molecule has 132 valence electrons. The van der Waals surface area contributed by atoms with Gasteiger partial charge in [-0.05, 0) is 46.9 Å². The first-order chi connectivity index (χ1) is 12.4. The highest BCUT2D eigenvalue weighted by molar-refractivity contribution is 14.1. The maximum atomic E-state index is 13.5. The van der Waals surface area contributed by atoms with Gasteiger partial charge in [0.1, 0.15) is 9.36 Å². The lowest BCUT2D eigenvalue weighted by Gasteiger charge is -2.34. The highest BCUT2D eigenvalue weighted by Gasteiger charge is 2.51. The smallest absolute Gasteiger partial charge is 0.264 e. The molecule has 1 aromatic carbocycles. The quantitative estimate of drug-likeness (QED) is 0.282. The third kappa shape index (κ3) is 2.74. The fourth-order valence-corrected chi connectivity index (χ4v) is 6.87. The molecule has 0 amide bonds. The molecule has 26 heavy (non-hydrogen) atoms. The number of fused-ring (bicyclic) bond motifs is 1. The highest BCUT2D eigenvalue weighted by atomic mass is 127. The molecule has 0 spiro atoms. The van der Waals surface area contributed by atoms with Crippen molar-refractivity contribution in [3.63, 3.8) is 0 Å². The van der Waals surface area contributed by atoms with Crippen LogP contribution in [0.15, 0.2) is 76.5 Å². The summed E-state index contributed by atoms with van der Waals surface area (Å²) in [6, 6.07) is 14.0. The van der Waals surface area contributed by atoms with Gasteiger partial charge in [-0.1, -0.05) is 40.2 Å². The number of aromatic nitrogens is 2. The Morgan fingerprint density at radius 1 is 1.08 bits per heavy atom. The number of nitrogens with zero attached hydrogens (tertiary/aromatic N) is 3. The summed E-state index contributed by atoms with van der Waals surface area (Å²) < 4.78 is 28.5. The second-order valence-corrected chi connectivity index (χ2v) is 10.3. The van der Waals surface area contributed by atoms with Crippen LogP contribution in [0.2, 0.25) is 0 Å². The standard InChI is InChI=1S/C18H13BrIN3O2S/c19-16-8-10-22-17-15(16)11-18(20,13-5-4-9-21-12-13)23(17)26(24,25)14-6-2-1-3-7-14/h1-10,12H,11H2. The van der Waals surface area contributed by atoms with Gasteiger partial charge in [-0.3, -0.25) is 4.98 Å². The van der Waals surface area contributed by atoms with Crippen LogP contribution in [0.4, 0.5) is 5.82 Å². The number of hydrogen-bond acceptors (Lipinski definition) is 4. The molecule has 0 radical (unpaired) electrons. The summed E-state index contributed by atoms with van der Waals surface area (Å²) in [5, 5.41) is 0. The number of pyridine rings is 2. The molecular formula is C18H13BrIN3O2S. The van der Waals surface area contributed by atoms with Crippen molar-refractivity contribution < 1.29 is 8.42 Å². The van der Waals surface area contributed by atoms with Gasteiger partial charge in [0, 0.05) is 40.6 Å². The number of hydrogen-bond donors (Lipinski definition) is 0. The van der Waals surface area contributed by atoms with Crippen molar-refractivity contribution in [2.45, 2.75) is 14.9 Å². The molecule has 1 unspecified atom stereocenters. The van der Waals surface area contributed by atoms with E-state index in [1.54, 1.807) is 48.9 Å². The van der Waals surface area contributed by atoms with Crippen LogP contribution in [-0.4, -0.2) is 18.4 Å². The van der Waals surface area contributed by atoms with Gasteiger partial charge in [-0.15, -0.1) is 0 Å². The van der Waals surface area contributed by atoms with E-state index in [1.165, 1.54) is 4.31 Å². The number of sulfonamides is 1. The van der Waals surface area contributed by atoms with Crippen LogP contribution < -0.4 is 4.31 Å². The number of benzene rings is 1. The van der Waals surface area contributed by atoms with E-state index in [-0.39, 0.29) is 4.90 Å². The zero-order chi connectivity index (χ0) is 18.4. The molecule has 0 saturated carbocycles. The number of anilines is 1. The summed E-state index contributed by atoms with van der Waals surface area (Å²) in [6.07, 6.45) is 5.49. The monoisotopic (exact) mass is 541 g/mol. The molecule has 0 N–H and O–H groups in total. The van der Waals surface area contributed by atoms with Gasteiger partial charge in [0.05, 0.1) is 4.90 Å². The lowest BCUT2D eigenvalue weighted by Crippen LogP contribution is -2.43. The second kappa shape index (κ2) is 6.58. The fraction of sp³-hybridized carbons (Fsp3) is 0.111. The molecule has 8 heteroatoms. The fourth-order valence-electron chi connectivity index (χ4n) is 3.08. The molecule has 3 aromatic rings. The van der Waals surface area contributed by atoms with Crippen LogP contribution in [0.25, 0.3) is 0 Å². The summed E-state index contributed by atoms with van der Waals surface area (Å²) in [7, 11) is -3.81. The Hall–Kier alpha value is -1.52. The first kappa shape index (κ1) is 17.9. The maximum Gasteiger partial charge on any atom is 0.266 e. The predicted molar refractivity (Wildman–Crippen MR) is 112 cm³/mol. The minimum absolute atomic E-state index is 0.236. The minimum atomic E-state index is -3.81. The van der Waals surface area contributed by atoms with Crippen LogP contribution >= 0.6 is 38.5 Å². The zero-order valence-corrected chi connectivity index (χ0v) is 17.9. The first-order valence-corrected chi connectivity index (χ1v) is 11.1. The van der Waals surface area contributed by atoms with Crippen LogP contribution in [0.1, 0.15) is 11.1 Å². The molecule has 1 aliphatic rings. The SMILES string of the molecule is O=S(=O)(c1ccccc1)N1c2nccc(Br)c2CC1(I)c1cccnc1. The summed E-state index contributed by atoms with van der Waals surface area (Å²) in [6.45, 7) is 0. The summed E-state index contributed by atoms with van der Waals surface area (Å²) in [5.74, 6) is 0.446. The molecule has 0 aliphatic carbocycles. The van der Waals surface area contributed by atoms with E-state index in [0.717, 1.165) is 15.6 Å². The Balaban J connectivity index is 1.98. The first-order valence-electron chi connectivity index (χ1n) is 7.78. The molecule has 5 nitrogen and oxygen atoms in total. The van der Waals surface area contributed by atoms with E-state index in [2.05, 4.69) is 48.5 Å². The van der Waals surface area contributed by atoms with Crippen molar-refractivity contribution in [3.8, 4) is 0 Å². The number of alkyl halides is 1. The Bertz CT molecular complexity index is 1060. The molecule has 4 rings (SSSR count). The summed E-state index contributed by atoms with van der Waals surface area (Å²) in [4.78, 5) is 8.83. The summed E-state index contributed by atoms with van der Waals surface area (Å²) >= 11 is 5.74. The van der Waals surface area contributed by atoms with Crippen molar-refractivity contribution in [3.05, 3.63) is 82.7 Å². The van der Waals surface area contributed by atoms with Crippen molar-refractivity contribution in [1.82, 2.24) is 9.97 Å². The van der Waals surface area contributed by atoms with Crippen molar-refractivity contribution in [2.75, 3.05) is 4.31 Å². The Kier molecular flexibility index (Phi) is 4.52. The van der Waals surface area contributed by atoms with E-state index in [9.17, 15) is 8.42 Å². The second-order valence-electron chi connectivity index (χ2n) is 5.86. The molecule has 1 atom stereocenters. The van der Waals surface area contributed by atoms with Crippen LogP contribution in [0.3, 0.4) is 0 Å². The highest BCUT2D eigenvalue weighted by Crippen LogP contribution is 2.52. The predicted octanol–water partition coefficient (Wildman–Crippen LogP) is 4.28. The Labute approximate surface area is 173 Å². The van der Waals surface area contributed by atoms with E-state index < -0.39 is 13.6 Å². The molecule has 2 aromatic heterocycles. The average Bonchev–Trinajstić information content (AvgIpc) is 2.99. The maximum absolute atomic E-state index is 13.5. The van der Waals surface area contributed by atoms with Crippen molar-refractivity contribution in [2.24, 2.45) is 0 Å². The molecule has 0 saturated heterocycles. The molecule has 0 fully saturated rings. The van der Waals surface area contributed by atoms with E-state index >= 15 is 0 Å². The largest absolute Gasteiger partial charge is 0.266 e. The average molecular weight is 542 g/mol. The van der Waals surface area contributed by atoms with Crippen LogP contribution in [0, 0.1) is 0 Å². The Morgan fingerprint density at radius 3 is 2.54 bits per heavy atom. The van der Waals surface area contributed by atoms with E-state index in [4.69, 9.17) is 0 Å². The third-order valence-electron chi connectivity index (χ3n) is 4.29. The lowest BCUT2D eigenvalue weighted by molar-refractivity contribution is 0.578. The van der Waals surface area contributed by atoms with Crippen molar-refractivity contribution >= 4 is 54.4 Å². The van der Waals surface area contributed by atoms with Gasteiger partial charge in [0.25, 0.3) is 10.0 Å². The van der Waals surface area contributed by atoms with Crippen LogP contribution in [0.5, 0.6) is 0 Å². The summed E-state index contributed by atoms with van der Waals surface area (Å²) in [5.41, 5.74) is 1.68. The third-order valence-corrected chi connectivity index (χ3v) is 8.68. The normalized spacial score (nSPS) is 19.4. The van der Waals surface area contributed by atoms with Gasteiger partial charge >= 0.3 is 0 Å². The zero-order valence-electron chi connectivity index (χ0n) is 13.4. The van der Waals surface area contributed by atoms with Gasteiger partial charge in [0.15, 0.2) is 0 Å².